The normalized spacial score (nSPS) is 15.4. The van der Waals surface area contributed by atoms with Gasteiger partial charge in [-0.05, 0) is 62.2 Å². The van der Waals surface area contributed by atoms with E-state index in [4.69, 9.17) is 10.00 Å². The van der Waals surface area contributed by atoms with E-state index in [9.17, 15) is 18.3 Å². The van der Waals surface area contributed by atoms with Crippen LogP contribution in [0.25, 0.3) is 0 Å². The Morgan fingerprint density at radius 1 is 1.21 bits per heavy atom. The fourth-order valence-corrected chi connectivity index (χ4v) is 4.50. The van der Waals surface area contributed by atoms with E-state index in [1.54, 1.807) is 24.3 Å². The van der Waals surface area contributed by atoms with Crippen molar-refractivity contribution < 1.29 is 23.1 Å². The number of carbonyl (C=O) groups excluding carboxylic acids is 1. The molecule has 1 heterocycles. The lowest BCUT2D eigenvalue weighted by atomic mass is 10.2. The molecule has 1 atom stereocenters. The zero-order chi connectivity index (χ0) is 21.0. The molecule has 0 spiro atoms. The van der Waals surface area contributed by atoms with Crippen LogP contribution in [0.3, 0.4) is 0 Å². The van der Waals surface area contributed by atoms with Gasteiger partial charge in [-0.1, -0.05) is 0 Å². The van der Waals surface area contributed by atoms with Gasteiger partial charge >= 0.3 is 0 Å². The molecule has 1 fully saturated rings. The summed E-state index contributed by atoms with van der Waals surface area (Å²) in [6.45, 7) is 2.44. The van der Waals surface area contributed by atoms with Crippen molar-refractivity contribution in [2.75, 3.05) is 18.4 Å². The molecular weight excluding hydrogens is 394 g/mol. The van der Waals surface area contributed by atoms with E-state index in [2.05, 4.69) is 5.32 Å². The highest BCUT2D eigenvalue weighted by Gasteiger charge is 2.28. The summed E-state index contributed by atoms with van der Waals surface area (Å²) in [7, 11) is -3.68. The molecule has 3 rings (SSSR count). The number of phenols is 1. The lowest BCUT2D eigenvalue weighted by Gasteiger charge is -2.18. The molecule has 8 nitrogen and oxygen atoms in total. The third kappa shape index (κ3) is 4.67. The number of nitriles is 1. The van der Waals surface area contributed by atoms with Gasteiger partial charge in [-0.25, -0.2) is 8.42 Å². The zero-order valence-corrected chi connectivity index (χ0v) is 16.6. The zero-order valence-electron chi connectivity index (χ0n) is 15.8. The van der Waals surface area contributed by atoms with Gasteiger partial charge in [-0.15, -0.1) is 0 Å². The SMILES string of the molecule is CC(Oc1ccc(C#N)cc1)C(=O)Nc1cc(S(=O)(=O)N2CCCC2)ccc1O. The van der Waals surface area contributed by atoms with E-state index in [1.807, 2.05) is 6.07 Å². The summed E-state index contributed by atoms with van der Waals surface area (Å²) in [6.07, 6.45) is 0.706. The second-order valence-corrected chi connectivity index (χ2v) is 8.61. The number of hydrogen-bond donors (Lipinski definition) is 2. The van der Waals surface area contributed by atoms with E-state index in [-0.39, 0.29) is 16.3 Å². The molecule has 0 aliphatic carbocycles. The Hall–Kier alpha value is -3.09. The third-order valence-electron chi connectivity index (χ3n) is 4.59. The summed E-state index contributed by atoms with van der Waals surface area (Å²) in [5.74, 6) is -0.397. The van der Waals surface area contributed by atoms with Crippen molar-refractivity contribution in [2.45, 2.75) is 30.8 Å². The topological polar surface area (TPSA) is 120 Å². The number of anilines is 1. The van der Waals surface area contributed by atoms with Crippen LogP contribution in [0.2, 0.25) is 0 Å². The molecular formula is C20H21N3O5S. The first-order chi connectivity index (χ1) is 13.8. The summed E-state index contributed by atoms with van der Waals surface area (Å²) >= 11 is 0. The number of nitrogens with zero attached hydrogens (tertiary/aromatic N) is 2. The number of aromatic hydroxyl groups is 1. The van der Waals surface area contributed by atoms with Crippen molar-refractivity contribution in [1.29, 1.82) is 5.26 Å². The average molecular weight is 415 g/mol. The minimum absolute atomic E-state index is 0.00756. The molecule has 0 saturated carbocycles. The Labute approximate surface area is 169 Å². The second-order valence-electron chi connectivity index (χ2n) is 6.68. The van der Waals surface area contributed by atoms with Gasteiger partial charge < -0.3 is 15.2 Å². The first-order valence-electron chi connectivity index (χ1n) is 9.12. The Morgan fingerprint density at radius 2 is 1.86 bits per heavy atom. The number of phenolic OH excluding ortho intramolecular Hbond substituents is 1. The lowest BCUT2D eigenvalue weighted by molar-refractivity contribution is -0.122. The predicted molar refractivity (Wildman–Crippen MR) is 106 cm³/mol. The molecule has 152 valence electrons. The molecule has 1 aliphatic heterocycles. The van der Waals surface area contributed by atoms with Crippen molar-refractivity contribution in [1.82, 2.24) is 4.31 Å². The number of carbonyl (C=O) groups is 1. The highest BCUT2D eigenvalue weighted by molar-refractivity contribution is 7.89. The van der Waals surface area contributed by atoms with Gasteiger partial charge in [0.05, 0.1) is 22.2 Å². The summed E-state index contributed by atoms with van der Waals surface area (Å²) in [4.78, 5) is 12.5. The van der Waals surface area contributed by atoms with Crippen LogP contribution in [0.4, 0.5) is 5.69 Å². The van der Waals surface area contributed by atoms with Crippen molar-refractivity contribution in [3.8, 4) is 17.6 Å². The van der Waals surface area contributed by atoms with Gasteiger partial charge in [0, 0.05) is 13.1 Å². The Kier molecular flexibility index (Phi) is 6.06. The first kappa shape index (κ1) is 20.6. The molecule has 2 aromatic carbocycles. The number of amides is 1. The predicted octanol–water partition coefficient (Wildman–Crippen LogP) is 2.45. The second kappa shape index (κ2) is 8.51. The van der Waals surface area contributed by atoms with E-state index < -0.39 is 22.0 Å². The van der Waals surface area contributed by atoms with Crippen LogP contribution in [0.15, 0.2) is 47.4 Å². The van der Waals surface area contributed by atoms with Crippen molar-refractivity contribution in [2.24, 2.45) is 0 Å². The standard InChI is InChI=1S/C20H21N3O5S/c1-14(28-16-6-4-15(13-21)5-7-16)20(25)22-18-12-17(8-9-19(18)24)29(26,27)23-10-2-3-11-23/h4-9,12,14,24H,2-3,10-11H2,1H3,(H,22,25). The minimum atomic E-state index is -3.68. The number of benzene rings is 2. The molecule has 0 aromatic heterocycles. The van der Waals surface area contributed by atoms with Gasteiger partial charge in [-0.2, -0.15) is 9.57 Å². The number of hydrogen-bond acceptors (Lipinski definition) is 6. The first-order valence-corrected chi connectivity index (χ1v) is 10.6. The highest BCUT2D eigenvalue weighted by Crippen LogP contribution is 2.29. The number of sulfonamides is 1. The van der Waals surface area contributed by atoms with E-state index in [1.165, 1.54) is 29.4 Å². The third-order valence-corrected chi connectivity index (χ3v) is 6.49. The molecule has 1 amide bonds. The van der Waals surface area contributed by atoms with E-state index in [0.717, 1.165) is 12.8 Å². The smallest absolute Gasteiger partial charge is 0.265 e. The minimum Gasteiger partial charge on any atom is -0.506 e. The van der Waals surface area contributed by atoms with Crippen molar-refractivity contribution in [3.63, 3.8) is 0 Å². The van der Waals surface area contributed by atoms with Gasteiger partial charge in [0.2, 0.25) is 10.0 Å². The molecule has 1 aliphatic rings. The quantitative estimate of drug-likeness (QED) is 0.700. The van der Waals surface area contributed by atoms with Gasteiger partial charge in [-0.3, -0.25) is 4.79 Å². The van der Waals surface area contributed by atoms with Crippen LogP contribution in [0.5, 0.6) is 11.5 Å². The maximum Gasteiger partial charge on any atom is 0.265 e. The molecule has 2 N–H and O–H groups in total. The van der Waals surface area contributed by atoms with Crippen LogP contribution in [-0.4, -0.2) is 42.9 Å². The van der Waals surface area contributed by atoms with E-state index in [0.29, 0.717) is 24.4 Å². The van der Waals surface area contributed by atoms with Crippen LogP contribution in [0, 0.1) is 11.3 Å². The maximum absolute atomic E-state index is 12.7. The fraction of sp³-hybridized carbons (Fsp3) is 0.300. The van der Waals surface area contributed by atoms with Crippen LogP contribution >= 0.6 is 0 Å². The van der Waals surface area contributed by atoms with Crippen molar-refractivity contribution >= 4 is 21.6 Å². The maximum atomic E-state index is 12.7. The molecule has 29 heavy (non-hydrogen) atoms. The summed E-state index contributed by atoms with van der Waals surface area (Å²) in [6, 6.07) is 12.1. The molecule has 1 saturated heterocycles. The van der Waals surface area contributed by atoms with Gasteiger partial charge in [0.25, 0.3) is 5.91 Å². The lowest BCUT2D eigenvalue weighted by Crippen LogP contribution is -2.30. The van der Waals surface area contributed by atoms with Crippen LogP contribution in [0.1, 0.15) is 25.3 Å². The molecule has 9 heteroatoms. The van der Waals surface area contributed by atoms with Gasteiger partial charge in [0.1, 0.15) is 11.5 Å². The molecule has 0 bridgehead atoms. The molecule has 0 radical (unpaired) electrons. The summed E-state index contributed by atoms with van der Waals surface area (Å²) in [5, 5.41) is 21.4. The van der Waals surface area contributed by atoms with E-state index >= 15 is 0 Å². The van der Waals surface area contributed by atoms with Crippen LogP contribution < -0.4 is 10.1 Å². The Morgan fingerprint density at radius 3 is 2.48 bits per heavy atom. The molecule has 1 unspecified atom stereocenters. The largest absolute Gasteiger partial charge is 0.506 e. The van der Waals surface area contributed by atoms with Gasteiger partial charge in [0.15, 0.2) is 6.10 Å². The Balaban J connectivity index is 1.73. The number of nitrogens with one attached hydrogen (secondary N) is 1. The van der Waals surface area contributed by atoms with Crippen molar-refractivity contribution in [3.05, 3.63) is 48.0 Å². The molecule has 2 aromatic rings. The monoisotopic (exact) mass is 415 g/mol. The summed E-state index contributed by atoms with van der Waals surface area (Å²) in [5.41, 5.74) is 0.459. The number of ether oxygens (including phenoxy) is 1. The summed E-state index contributed by atoms with van der Waals surface area (Å²) < 4.78 is 32.3. The highest BCUT2D eigenvalue weighted by atomic mass is 32.2. The average Bonchev–Trinajstić information content (AvgIpc) is 3.25. The number of rotatable bonds is 6. The van der Waals surface area contributed by atoms with Crippen LogP contribution in [-0.2, 0) is 14.8 Å². The fourth-order valence-electron chi connectivity index (χ4n) is 2.95. The Bertz CT molecular complexity index is 1040.